The highest BCUT2D eigenvalue weighted by Crippen LogP contribution is 2.38. The average Bonchev–Trinajstić information content (AvgIpc) is 2.97. The number of hydrogen-bond acceptors (Lipinski definition) is 4. The number of aromatic nitrogens is 3. The van der Waals surface area contributed by atoms with Crippen molar-refractivity contribution >= 4 is 28.3 Å². The Bertz CT molecular complexity index is 867. The Hall–Kier alpha value is -2.11. The van der Waals surface area contributed by atoms with Crippen LogP contribution in [-0.2, 0) is 0 Å². The van der Waals surface area contributed by atoms with Gasteiger partial charge in [-0.05, 0) is 43.4 Å². The maximum Gasteiger partial charge on any atom is 0.145 e. The molecule has 0 unspecified atom stereocenters. The molecule has 2 heterocycles. The van der Waals surface area contributed by atoms with E-state index < -0.39 is 0 Å². The number of halogens is 1. The molecule has 124 valence electrons. The number of aliphatic hydroxyl groups excluding tert-OH is 1. The second-order valence-corrected chi connectivity index (χ2v) is 6.76. The van der Waals surface area contributed by atoms with Crippen LogP contribution in [0, 0.1) is 0 Å². The Labute approximate surface area is 145 Å². The van der Waals surface area contributed by atoms with Crippen LogP contribution in [0.3, 0.4) is 0 Å². The van der Waals surface area contributed by atoms with Crippen molar-refractivity contribution in [3.8, 4) is 11.1 Å². The van der Waals surface area contributed by atoms with E-state index in [0.29, 0.717) is 11.2 Å². The van der Waals surface area contributed by atoms with Gasteiger partial charge in [0.1, 0.15) is 17.1 Å². The van der Waals surface area contributed by atoms with Gasteiger partial charge < -0.3 is 15.4 Å². The number of rotatable bonds is 2. The van der Waals surface area contributed by atoms with Crippen molar-refractivity contribution in [1.29, 1.82) is 0 Å². The van der Waals surface area contributed by atoms with Gasteiger partial charge in [-0.2, -0.15) is 0 Å². The molecule has 0 saturated heterocycles. The number of anilines is 1. The molecule has 4 rings (SSSR count). The average molecular weight is 343 g/mol. The number of benzene rings is 1. The maximum atomic E-state index is 9.77. The Morgan fingerprint density at radius 3 is 2.50 bits per heavy atom. The molecule has 1 aliphatic rings. The topological polar surface area (TPSA) is 77.0 Å². The van der Waals surface area contributed by atoms with Gasteiger partial charge in [0, 0.05) is 23.5 Å². The van der Waals surface area contributed by atoms with Crippen LogP contribution < -0.4 is 5.73 Å². The minimum atomic E-state index is -0.183. The lowest BCUT2D eigenvalue weighted by molar-refractivity contribution is 0.111. The highest BCUT2D eigenvalue weighted by Gasteiger charge is 2.24. The molecule has 5 nitrogen and oxygen atoms in total. The molecule has 0 spiro atoms. The van der Waals surface area contributed by atoms with Crippen molar-refractivity contribution in [2.75, 3.05) is 5.73 Å². The molecule has 0 bridgehead atoms. The Morgan fingerprint density at radius 2 is 1.79 bits per heavy atom. The number of aliphatic hydroxyl groups is 1. The summed E-state index contributed by atoms with van der Waals surface area (Å²) in [5.74, 6) is 0. The fourth-order valence-corrected chi connectivity index (χ4v) is 3.77. The zero-order valence-corrected chi connectivity index (χ0v) is 13.9. The summed E-state index contributed by atoms with van der Waals surface area (Å²) >= 11 is 6.39. The highest BCUT2D eigenvalue weighted by atomic mass is 35.5. The zero-order valence-electron chi connectivity index (χ0n) is 13.2. The van der Waals surface area contributed by atoms with Crippen LogP contribution >= 0.6 is 11.6 Å². The zero-order chi connectivity index (χ0) is 16.7. The van der Waals surface area contributed by atoms with Crippen LogP contribution in [-0.4, -0.2) is 25.7 Å². The lowest BCUT2D eigenvalue weighted by Crippen LogP contribution is -2.20. The summed E-state index contributed by atoms with van der Waals surface area (Å²) in [5, 5.41) is 11.1. The minimum absolute atomic E-state index is 0.183. The van der Waals surface area contributed by atoms with Gasteiger partial charge in [0.2, 0.25) is 0 Å². The third-order valence-corrected chi connectivity index (χ3v) is 5.13. The SMILES string of the molecule is Nc1ccc(-c2cn(C3CCC(O)CC3)c3ncnc(Cl)c23)cc1. The van der Waals surface area contributed by atoms with Crippen LogP contribution in [0.5, 0.6) is 0 Å². The lowest BCUT2D eigenvalue weighted by atomic mass is 9.93. The van der Waals surface area contributed by atoms with E-state index in [1.165, 1.54) is 6.33 Å². The number of hydrogen-bond donors (Lipinski definition) is 2. The minimum Gasteiger partial charge on any atom is -0.399 e. The summed E-state index contributed by atoms with van der Waals surface area (Å²) in [6, 6.07) is 8.06. The van der Waals surface area contributed by atoms with Crippen molar-refractivity contribution in [3.63, 3.8) is 0 Å². The summed E-state index contributed by atoms with van der Waals surface area (Å²) in [6.45, 7) is 0. The van der Waals surface area contributed by atoms with E-state index in [1.54, 1.807) is 0 Å². The van der Waals surface area contributed by atoms with Gasteiger partial charge in [-0.15, -0.1) is 0 Å². The molecular weight excluding hydrogens is 324 g/mol. The molecule has 0 amide bonds. The summed E-state index contributed by atoms with van der Waals surface area (Å²) in [7, 11) is 0. The second kappa shape index (κ2) is 6.07. The molecular formula is C18H19ClN4O. The van der Waals surface area contributed by atoms with E-state index in [9.17, 15) is 5.11 Å². The Balaban J connectivity index is 1.87. The molecule has 1 saturated carbocycles. The molecule has 1 fully saturated rings. The standard InChI is InChI=1S/C18H19ClN4O/c19-17-16-15(11-1-3-12(20)4-2-11)9-23(18(16)22-10-21-17)13-5-7-14(24)8-6-13/h1-4,9-10,13-14,24H,5-8,20H2. The highest BCUT2D eigenvalue weighted by molar-refractivity contribution is 6.35. The molecule has 24 heavy (non-hydrogen) atoms. The van der Waals surface area contributed by atoms with Gasteiger partial charge >= 0.3 is 0 Å². The predicted octanol–water partition coefficient (Wildman–Crippen LogP) is 3.81. The predicted molar refractivity (Wildman–Crippen MR) is 95.9 cm³/mol. The smallest absolute Gasteiger partial charge is 0.145 e. The van der Waals surface area contributed by atoms with Gasteiger partial charge in [0.05, 0.1) is 11.5 Å². The third kappa shape index (κ3) is 2.64. The van der Waals surface area contributed by atoms with E-state index >= 15 is 0 Å². The largest absolute Gasteiger partial charge is 0.399 e. The van der Waals surface area contributed by atoms with Gasteiger partial charge in [-0.1, -0.05) is 23.7 Å². The summed E-state index contributed by atoms with van der Waals surface area (Å²) in [6.07, 6.45) is 6.95. The molecule has 0 aliphatic heterocycles. The monoisotopic (exact) mass is 342 g/mol. The number of nitrogen functional groups attached to an aromatic ring is 1. The van der Waals surface area contributed by atoms with E-state index in [-0.39, 0.29) is 6.10 Å². The van der Waals surface area contributed by atoms with Gasteiger partial charge in [-0.25, -0.2) is 9.97 Å². The lowest BCUT2D eigenvalue weighted by Gasteiger charge is -2.27. The molecule has 3 aromatic rings. The van der Waals surface area contributed by atoms with Crippen LogP contribution in [0.4, 0.5) is 5.69 Å². The summed E-state index contributed by atoms with van der Waals surface area (Å²) in [5.41, 5.74) is 9.44. The van der Waals surface area contributed by atoms with Gasteiger partial charge in [0.25, 0.3) is 0 Å². The number of nitrogens with zero attached hydrogens (tertiary/aromatic N) is 3. The van der Waals surface area contributed by atoms with E-state index in [2.05, 4.69) is 20.7 Å². The normalized spacial score (nSPS) is 21.2. The van der Waals surface area contributed by atoms with Crippen LogP contribution in [0.15, 0.2) is 36.8 Å². The van der Waals surface area contributed by atoms with Crippen LogP contribution in [0.1, 0.15) is 31.7 Å². The first-order valence-electron chi connectivity index (χ1n) is 8.18. The van der Waals surface area contributed by atoms with Crippen molar-refractivity contribution in [2.24, 2.45) is 0 Å². The quantitative estimate of drug-likeness (QED) is 0.548. The van der Waals surface area contributed by atoms with E-state index in [1.807, 2.05) is 24.3 Å². The Kier molecular flexibility index (Phi) is 3.90. The van der Waals surface area contributed by atoms with Gasteiger partial charge in [-0.3, -0.25) is 0 Å². The van der Waals surface area contributed by atoms with Crippen LogP contribution in [0.25, 0.3) is 22.2 Å². The summed E-state index contributed by atoms with van der Waals surface area (Å²) in [4.78, 5) is 8.64. The maximum absolute atomic E-state index is 9.77. The molecule has 3 N–H and O–H groups in total. The third-order valence-electron chi connectivity index (χ3n) is 4.84. The van der Waals surface area contributed by atoms with Crippen molar-refractivity contribution in [2.45, 2.75) is 37.8 Å². The molecule has 1 aliphatic carbocycles. The van der Waals surface area contributed by atoms with Crippen molar-refractivity contribution in [1.82, 2.24) is 14.5 Å². The number of fused-ring (bicyclic) bond motifs is 1. The van der Waals surface area contributed by atoms with Crippen molar-refractivity contribution in [3.05, 3.63) is 41.9 Å². The van der Waals surface area contributed by atoms with Gasteiger partial charge in [0.15, 0.2) is 0 Å². The summed E-state index contributed by atoms with van der Waals surface area (Å²) < 4.78 is 2.19. The van der Waals surface area contributed by atoms with E-state index in [0.717, 1.165) is 53.5 Å². The molecule has 2 aromatic heterocycles. The fraction of sp³-hybridized carbons (Fsp3) is 0.333. The van der Waals surface area contributed by atoms with Crippen molar-refractivity contribution < 1.29 is 5.11 Å². The molecule has 0 radical (unpaired) electrons. The fourth-order valence-electron chi connectivity index (χ4n) is 3.54. The first kappa shape index (κ1) is 15.4. The number of nitrogens with two attached hydrogens (primary N) is 1. The van der Waals surface area contributed by atoms with E-state index in [4.69, 9.17) is 17.3 Å². The van der Waals surface area contributed by atoms with Crippen LogP contribution in [0.2, 0.25) is 5.15 Å². The molecule has 1 aromatic carbocycles. The second-order valence-electron chi connectivity index (χ2n) is 6.40. The first-order valence-corrected chi connectivity index (χ1v) is 8.56. The molecule has 0 atom stereocenters. The molecule has 6 heteroatoms. The Morgan fingerprint density at radius 1 is 1.08 bits per heavy atom. The first-order chi connectivity index (χ1) is 11.6.